The van der Waals surface area contributed by atoms with Gasteiger partial charge in [-0.05, 0) is 20.3 Å². The number of hydrogen-bond donors (Lipinski definition) is 1. The highest BCUT2D eigenvalue weighted by atomic mass is 16.5. The zero-order valence-electron chi connectivity index (χ0n) is 8.99. The van der Waals surface area contributed by atoms with Crippen molar-refractivity contribution in [1.82, 2.24) is 4.90 Å². The second-order valence-corrected chi connectivity index (χ2v) is 4.14. The summed E-state index contributed by atoms with van der Waals surface area (Å²) in [6.45, 7) is 9.45. The Morgan fingerprint density at radius 1 is 1.38 bits per heavy atom. The summed E-state index contributed by atoms with van der Waals surface area (Å²) in [5, 5.41) is 0. The molecule has 1 rings (SSSR count). The Morgan fingerprint density at radius 3 is 2.38 bits per heavy atom. The van der Waals surface area contributed by atoms with Crippen LogP contribution in [-0.4, -0.2) is 42.8 Å². The molecule has 1 heterocycles. The molecule has 78 valence electrons. The van der Waals surface area contributed by atoms with Gasteiger partial charge in [-0.2, -0.15) is 0 Å². The van der Waals surface area contributed by atoms with Gasteiger partial charge in [0, 0.05) is 25.7 Å². The minimum Gasteiger partial charge on any atom is -0.373 e. The van der Waals surface area contributed by atoms with E-state index in [4.69, 9.17) is 10.5 Å². The van der Waals surface area contributed by atoms with Crippen molar-refractivity contribution in [3.8, 4) is 0 Å². The molecule has 0 bridgehead atoms. The molecule has 1 aliphatic heterocycles. The van der Waals surface area contributed by atoms with Gasteiger partial charge < -0.3 is 10.5 Å². The molecular formula is C10H22N2O. The Hall–Kier alpha value is -0.120. The van der Waals surface area contributed by atoms with Crippen molar-refractivity contribution < 1.29 is 4.74 Å². The molecule has 0 aromatic carbocycles. The summed E-state index contributed by atoms with van der Waals surface area (Å²) in [6.07, 6.45) is 1.76. The minimum absolute atomic E-state index is 0.317. The molecule has 0 aromatic heterocycles. The molecule has 0 radical (unpaired) electrons. The highest BCUT2D eigenvalue weighted by molar-refractivity contribution is 4.76. The molecule has 1 unspecified atom stereocenters. The molecule has 0 spiro atoms. The third kappa shape index (κ3) is 3.63. The first-order chi connectivity index (χ1) is 6.11. The number of nitrogens with two attached hydrogens (primary N) is 1. The van der Waals surface area contributed by atoms with Crippen molar-refractivity contribution in [2.24, 2.45) is 5.73 Å². The van der Waals surface area contributed by atoms with E-state index in [2.05, 4.69) is 25.7 Å². The van der Waals surface area contributed by atoms with Crippen molar-refractivity contribution in [3.63, 3.8) is 0 Å². The van der Waals surface area contributed by atoms with E-state index in [0.29, 0.717) is 18.2 Å². The van der Waals surface area contributed by atoms with E-state index in [1.807, 2.05) is 0 Å². The SMILES string of the molecule is CCC(N)CN1C[C@@H](C)O[C@@H](C)C1. The van der Waals surface area contributed by atoms with E-state index in [1.54, 1.807) is 0 Å². The fraction of sp³-hybridized carbons (Fsp3) is 1.00. The summed E-state index contributed by atoms with van der Waals surface area (Å²) < 4.78 is 5.65. The van der Waals surface area contributed by atoms with Crippen LogP contribution in [0.5, 0.6) is 0 Å². The molecule has 1 aliphatic rings. The Labute approximate surface area is 81.2 Å². The lowest BCUT2D eigenvalue weighted by Gasteiger charge is -2.36. The average molecular weight is 186 g/mol. The monoisotopic (exact) mass is 186 g/mol. The topological polar surface area (TPSA) is 38.5 Å². The van der Waals surface area contributed by atoms with Crippen LogP contribution in [0, 0.1) is 0 Å². The Morgan fingerprint density at radius 2 is 1.92 bits per heavy atom. The van der Waals surface area contributed by atoms with Crippen LogP contribution < -0.4 is 5.73 Å². The zero-order chi connectivity index (χ0) is 9.84. The van der Waals surface area contributed by atoms with E-state index < -0.39 is 0 Å². The van der Waals surface area contributed by atoms with Crippen molar-refractivity contribution in [1.29, 1.82) is 0 Å². The van der Waals surface area contributed by atoms with Crippen LogP contribution in [0.1, 0.15) is 27.2 Å². The van der Waals surface area contributed by atoms with Crippen molar-refractivity contribution in [2.45, 2.75) is 45.4 Å². The lowest BCUT2D eigenvalue weighted by Crippen LogP contribution is -2.49. The van der Waals surface area contributed by atoms with E-state index >= 15 is 0 Å². The van der Waals surface area contributed by atoms with Crippen molar-refractivity contribution in [3.05, 3.63) is 0 Å². The smallest absolute Gasteiger partial charge is 0.0678 e. The van der Waals surface area contributed by atoms with Crippen LogP contribution in [0.25, 0.3) is 0 Å². The van der Waals surface area contributed by atoms with Gasteiger partial charge in [0.2, 0.25) is 0 Å². The van der Waals surface area contributed by atoms with E-state index in [0.717, 1.165) is 26.1 Å². The van der Waals surface area contributed by atoms with E-state index in [9.17, 15) is 0 Å². The number of morpholine rings is 1. The quantitative estimate of drug-likeness (QED) is 0.709. The van der Waals surface area contributed by atoms with Gasteiger partial charge in [0.25, 0.3) is 0 Å². The molecule has 1 fully saturated rings. The van der Waals surface area contributed by atoms with Gasteiger partial charge in [-0.25, -0.2) is 0 Å². The van der Waals surface area contributed by atoms with Gasteiger partial charge in [0.1, 0.15) is 0 Å². The lowest BCUT2D eigenvalue weighted by atomic mass is 10.2. The Bertz CT molecular complexity index is 142. The first kappa shape index (κ1) is 11.0. The lowest BCUT2D eigenvalue weighted by molar-refractivity contribution is -0.0691. The van der Waals surface area contributed by atoms with Gasteiger partial charge in [-0.1, -0.05) is 6.92 Å². The Kier molecular flexibility index (Phi) is 4.16. The van der Waals surface area contributed by atoms with Crippen molar-refractivity contribution >= 4 is 0 Å². The average Bonchev–Trinajstić information content (AvgIpc) is 2.02. The molecule has 0 amide bonds. The van der Waals surface area contributed by atoms with Gasteiger partial charge >= 0.3 is 0 Å². The number of ether oxygens (including phenoxy) is 1. The predicted molar refractivity (Wildman–Crippen MR) is 54.7 cm³/mol. The number of nitrogens with zero attached hydrogens (tertiary/aromatic N) is 1. The second kappa shape index (κ2) is 4.94. The summed E-state index contributed by atoms with van der Waals surface area (Å²) in [5.41, 5.74) is 5.91. The molecule has 13 heavy (non-hydrogen) atoms. The van der Waals surface area contributed by atoms with Crippen molar-refractivity contribution in [2.75, 3.05) is 19.6 Å². The summed E-state index contributed by atoms with van der Waals surface area (Å²) in [7, 11) is 0. The third-order valence-electron chi connectivity index (χ3n) is 2.51. The summed E-state index contributed by atoms with van der Waals surface area (Å²) >= 11 is 0. The standard InChI is InChI=1S/C10H22N2O/c1-4-10(11)7-12-5-8(2)13-9(3)6-12/h8-10H,4-7,11H2,1-3H3/t8-,9+,10?. The molecule has 0 saturated carbocycles. The molecule has 2 N–H and O–H groups in total. The second-order valence-electron chi connectivity index (χ2n) is 4.14. The van der Waals surface area contributed by atoms with Crippen LogP contribution in [0.4, 0.5) is 0 Å². The van der Waals surface area contributed by atoms with Gasteiger partial charge in [-0.3, -0.25) is 4.90 Å². The fourth-order valence-corrected chi connectivity index (χ4v) is 1.89. The van der Waals surface area contributed by atoms with Crippen LogP contribution in [-0.2, 0) is 4.74 Å². The molecule has 3 heteroatoms. The number of hydrogen-bond acceptors (Lipinski definition) is 3. The first-order valence-electron chi connectivity index (χ1n) is 5.25. The van der Waals surface area contributed by atoms with Crippen LogP contribution in [0.15, 0.2) is 0 Å². The molecule has 0 aliphatic carbocycles. The highest BCUT2D eigenvalue weighted by Gasteiger charge is 2.22. The largest absolute Gasteiger partial charge is 0.373 e. The maximum absolute atomic E-state index is 5.91. The first-order valence-corrected chi connectivity index (χ1v) is 5.25. The maximum Gasteiger partial charge on any atom is 0.0678 e. The molecule has 1 saturated heterocycles. The molecule has 3 nitrogen and oxygen atoms in total. The fourth-order valence-electron chi connectivity index (χ4n) is 1.89. The van der Waals surface area contributed by atoms with Gasteiger partial charge in [0.15, 0.2) is 0 Å². The predicted octanol–water partition coefficient (Wildman–Crippen LogP) is 0.833. The maximum atomic E-state index is 5.91. The van der Waals surface area contributed by atoms with Crippen LogP contribution >= 0.6 is 0 Å². The third-order valence-corrected chi connectivity index (χ3v) is 2.51. The van der Waals surface area contributed by atoms with Crippen LogP contribution in [0.2, 0.25) is 0 Å². The highest BCUT2D eigenvalue weighted by Crippen LogP contribution is 2.10. The summed E-state index contributed by atoms with van der Waals surface area (Å²) in [5.74, 6) is 0. The van der Waals surface area contributed by atoms with E-state index in [-0.39, 0.29) is 0 Å². The minimum atomic E-state index is 0.317. The zero-order valence-corrected chi connectivity index (χ0v) is 8.99. The van der Waals surface area contributed by atoms with Gasteiger partial charge in [-0.15, -0.1) is 0 Å². The normalized spacial score (nSPS) is 33.2. The molecule has 3 atom stereocenters. The number of rotatable bonds is 3. The van der Waals surface area contributed by atoms with Gasteiger partial charge in [0.05, 0.1) is 12.2 Å². The Balaban J connectivity index is 2.32. The molecular weight excluding hydrogens is 164 g/mol. The summed E-state index contributed by atoms with van der Waals surface area (Å²) in [4.78, 5) is 2.41. The molecule has 0 aromatic rings. The van der Waals surface area contributed by atoms with Crippen LogP contribution in [0.3, 0.4) is 0 Å². The van der Waals surface area contributed by atoms with E-state index in [1.165, 1.54) is 0 Å². The summed E-state index contributed by atoms with van der Waals surface area (Å²) in [6, 6.07) is 0.317.